The molecule has 0 saturated heterocycles. The number of aromatic nitrogens is 2. The lowest BCUT2D eigenvalue weighted by molar-refractivity contribution is -0.137. The van der Waals surface area contributed by atoms with E-state index in [2.05, 4.69) is 9.71 Å². The van der Waals surface area contributed by atoms with E-state index in [1.54, 1.807) is 36.0 Å². The number of benzene rings is 2. The van der Waals surface area contributed by atoms with Crippen LogP contribution < -0.4 is 14.2 Å². The maximum atomic E-state index is 13.0. The molecule has 0 fully saturated rings. The fourth-order valence-electron chi connectivity index (χ4n) is 2.97. The number of nitrogens with zero attached hydrogens (tertiary/aromatic N) is 2. The summed E-state index contributed by atoms with van der Waals surface area (Å²) in [5.41, 5.74) is -0.467. The number of alkyl halides is 3. The Labute approximate surface area is 177 Å². The lowest BCUT2D eigenvalue weighted by atomic mass is 10.1. The minimum Gasteiger partial charge on any atom is -0.497 e. The largest absolute Gasteiger partial charge is 0.497 e. The van der Waals surface area contributed by atoms with Crippen molar-refractivity contribution in [2.45, 2.75) is 17.1 Å². The Hall–Kier alpha value is -3.05. The molecule has 0 amide bonds. The molecule has 1 unspecified atom stereocenters. The lowest BCUT2D eigenvalue weighted by Crippen LogP contribution is -2.31. The van der Waals surface area contributed by atoms with Crippen LogP contribution in [-0.2, 0) is 23.2 Å². The molecule has 0 aliphatic carbocycles. The van der Waals surface area contributed by atoms with Crippen molar-refractivity contribution in [2.24, 2.45) is 7.05 Å². The number of hydrogen-bond acceptors (Lipinski definition) is 5. The zero-order chi connectivity index (χ0) is 22.8. The van der Waals surface area contributed by atoms with Gasteiger partial charge in [-0.25, -0.2) is 13.4 Å². The Morgan fingerprint density at radius 2 is 1.61 bits per heavy atom. The van der Waals surface area contributed by atoms with Crippen LogP contribution >= 0.6 is 0 Å². The van der Waals surface area contributed by atoms with Crippen molar-refractivity contribution in [1.29, 1.82) is 0 Å². The molecular weight excluding hydrogens is 435 g/mol. The van der Waals surface area contributed by atoms with Gasteiger partial charge in [0.05, 0.1) is 24.7 Å². The van der Waals surface area contributed by atoms with Crippen LogP contribution in [0.1, 0.15) is 23.0 Å². The van der Waals surface area contributed by atoms with E-state index < -0.39 is 27.8 Å². The van der Waals surface area contributed by atoms with Gasteiger partial charge in [0.15, 0.2) is 0 Å². The first-order valence-corrected chi connectivity index (χ1v) is 10.4. The number of hydrogen-bond donors (Lipinski definition) is 1. The van der Waals surface area contributed by atoms with Crippen LogP contribution in [-0.4, -0.2) is 32.2 Å². The average molecular weight is 455 g/mol. The second kappa shape index (κ2) is 8.60. The summed E-state index contributed by atoms with van der Waals surface area (Å²) in [6, 6.07) is 7.17. The number of nitrogens with one attached hydrogen (secondary N) is 1. The molecule has 0 aliphatic heterocycles. The lowest BCUT2D eigenvalue weighted by Gasteiger charge is -2.20. The van der Waals surface area contributed by atoms with Gasteiger partial charge < -0.3 is 14.0 Å². The highest BCUT2D eigenvalue weighted by molar-refractivity contribution is 7.89. The number of rotatable bonds is 7. The summed E-state index contributed by atoms with van der Waals surface area (Å²) in [5.74, 6) is 1.23. The van der Waals surface area contributed by atoms with Crippen LogP contribution in [0, 0.1) is 0 Å². The average Bonchev–Trinajstić information content (AvgIpc) is 3.16. The van der Waals surface area contributed by atoms with Gasteiger partial charge in [-0.2, -0.15) is 17.9 Å². The zero-order valence-electron chi connectivity index (χ0n) is 16.8. The van der Waals surface area contributed by atoms with E-state index in [-0.39, 0.29) is 4.90 Å². The van der Waals surface area contributed by atoms with Gasteiger partial charge >= 0.3 is 6.18 Å². The molecule has 2 aromatic carbocycles. The van der Waals surface area contributed by atoms with E-state index >= 15 is 0 Å². The summed E-state index contributed by atoms with van der Waals surface area (Å²) < 4.78 is 79.1. The molecule has 7 nitrogen and oxygen atoms in total. The topological polar surface area (TPSA) is 82.4 Å². The Morgan fingerprint density at radius 1 is 1.03 bits per heavy atom. The van der Waals surface area contributed by atoms with Crippen molar-refractivity contribution in [3.05, 3.63) is 71.8 Å². The van der Waals surface area contributed by atoms with Crippen LogP contribution in [0.4, 0.5) is 13.2 Å². The maximum Gasteiger partial charge on any atom is 0.416 e. The van der Waals surface area contributed by atoms with Crippen LogP contribution in [0.3, 0.4) is 0 Å². The third kappa shape index (κ3) is 5.00. The Balaban J connectivity index is 2.05. The van der Waals surface area contributed by atoms with Crippen LogP contribution in [0.15, 0.2) is 59.8 Å². The molecule has 1 heterocycles. The summed E-state index contributed by atoms with van der Waals surface area (Å²) >= 11 is 0. The third-order valence-electron chi connectivity index (χ3n) is 4.59. The van der Waals surface area contributed by atoms with Crippen molar-refractivity contribution < 1.29 is 31.1 Å². The van der Waals surface area contributed by atoms with Crippen LogP contribution in [0.2, 0.25) is 0 Å². The molecule has 0 spiro atoms. The predicted octanol–water partition coefficient (Wildman–Crippen LogP) is 3.52. The summed E-state index contributed by atoms with van der Waals surface area (Å²) in [7, 11) is 0.408. The number of ether oxygens (including phenoxy) is 2. The minimum atomic E-state index is -4.57. The molecule has 1 N–H and O–H groups in total. The van der Waals surface area contributed by atoms with Gasteiger partial charge in [-0.15, -0.1) is 0 Å². The van der Waals surface area contributed by atoms with Gasteiger partial charge in [0, 0.05) is 25.5 Å². The van der Waals surface area contributed by atoms with E-state index in [1.807, 2.05) is 0 Å². The second-order valence-electron chi connectivity index (χ2n) is 6.62. The smallest absolute Gasteiger partial charge is 0.416 e. The van der Waals surface area contributed by atoms with Gasteiger partial charge in [-0.3, -0.25) is 0 Å². The monoisotopic (exact) mass is 455 g/mol. The molecule has 0 saturated carbocycles. The fraction of sp³-hybridized carbons (Fsp3) is 0.250. The molecule has 3 rings (SSSR count). The number of methoxy groups -OCH3 is 2. The Bertz CT molecular complexity index is 1140. The Kier molecular flexibility index (Phi) is 6.27. The van der Waals surface area contributed by atoms with Gasteiger partial charge in [0.2, 0.25) is 10.0 Å². The standard InChI is InChI=1S/C20H20F3N3O4S/c1-26-9-8-24-19(26)18(13-10-15(29-2)12-16(11-13)30-3)25-31(27,28)17-6-4-14(5-7-17)20(21,22)23/h4-12,18,25H,1-3H3. The van der Waals surface area contributed by atoms with Gasteiger partial charge in [0.25, 0.3) is 0 Å². The summed E-state index contributed by atoms with van der Waals surface area (Å²) in [6.45, 7) is 0. The fourth-order valence-corrected chi connectivity index (χ4v) is 4.15. The first kappa shape index (κ1) is 22.6. The van der Waals surface area contributed by atoms with Gasteiger partial charge in [-0.05, 0) is 42.0 Å². The highest BCUT2D eigenvalue weighted by Gasteiger charge is 2.31. The molecule has 1 aromatic heterocycles. The van der Waals surface area contributed by atoms with Crippen molar-refractivity contribution in [1.82, 2.24) is 14.3 Å². The van der Waals surface area contributed by atoms with Crippen LogP contribution in [0.5, 0.6) is 11.5 Å². The van der Waals surface area contributed by atoms with E-state index in [9.17, 15) is 21.6 Å². The third-order valence-corrected chi connectivity index (χ3v) is 6.03. The molecule has 31 heavy (non-hydrogen) atoms. The quantitative estimate of drug-likeness (QED) is 0.590. The van der Waals surface area contributed by atoms with Gasteiger partial charge in [0.1, 0.15) is 23.4 Å². The first-order chi connectivity index (χ1) is 14.5. The summed E-state index contributed by atoms with van der Waals surface area (Å²) in [5, 5.41) is 0. The highest BCUT2D eigenvalue weighted by atomic mass is 32.2. The minimum absolute atomic E-state index is 0.311. The second-order valence-corrected chi connectivity index (χ2v) is 8.33. The molecule has 3 aromatic rings. The molecule has 166 valence electrons. The number of sulfonamides is 1. The molecular formula is C20H20F3N3O4S. The maximum absolute atomic E-state index is 13.0. The molecule has 0 bridgehead atoms. The molecule has 1 atom stereocenters. The van der Waals surface area contributed by atoms with Crippen molar-refractivity contribution >= 4 is 10.0 Å². The molecule has 0 radical (unpaired) electrons. The zero-order valence-corrected chi connectivity index (χ0v) is 17.7. The summed E-state index contributed by atoms with van der Waals surface area (Å²) in [6.07, 6.45) is -1.42. The SMILES string of the molecule is COc1cc(OC)cc(C(NS(=O)(=O)c2ccc(C(F)(F)F)cc2)c2nccn2C)c1. The van der Waals surface area contributed by atoms with Crippen molar-refractivity contribution in [3.63, 3.8) is 0 Å². The number of aryl methyl sites for hydroxylation is 1. The van der Waals surface area contributed by atoms with Gasteiger partial charge in [-0.1, -0.05) is 0 Å². The first-order valence-electron chi connectivity index (χ1n) is 8.95. The number of imidazole rings is 1. The van der Waals surface area contributed by atoms with E-state index in [1.165, 1.54) is 20.4 Å². The normalized spacial score (nSPS) is 13.1. The number of halogens is 3. The van der Waals surface area contributed by atoms with Crippen molar-refractivity contribution in [2.75, 3.05) is 14.2 Å². The van der Waals surface area contributed by atoms with E-state index in [0.717, 1.165) is 24.3 Å². The Morgan fingerprint density at radius 3 is 2.06 bits per heavy atom. The van der Waals surface area contributed by atoms with E-state index in [0.29, 0.717) is 22.9 Å². The molecule has 11 heteroatoms. The summed E-state index contributed by atoms with van der Waals surface area (Å²) in [4.78, 5) is 3.92. The van der Waals surface area contributed by atoms with E-state index in [4.69, 9.17) is 9.47 Å². The van der Waals surface area contributed by atoms with Crippen LogP contribution in [0.25, 0.3) is 0 Å². The highest BCUT2D eigenvalue weighted by Crippen LogP contribution is 2.32. The predicted molar refractivity (Wildman–Crippen MR) is 106 cm³/mol. The van der Waals surface area contributed by atoms with Crippen molar-refractivity contribution in [3.8, 4) is 11.5 Å². The molecule has 0 aliphatic rings.